The van der Waals surface area contributed by atoms with Crippen molar-refractivity contribution >= 4 is 11.0 Å². The maximum atomic E-state index is 11.7. The Balaban J connectivity index is 2.07. The first kappa shape index (κ1) is 10.5. The van der Waals surface area contributed by atoms with E-state index in [0.29, 0.717) is 11.3 Å². The first-order valence-electron chi connectivity index (χ1n) is 5.44. The summed E-state index contributed by atoms with van der Waals surface area (Å²) in [5, 5.41) is 0.816. The lowest BCUT2D eigenvalue weighted by molar-refractivity contribution is 0.436. The lowest BCUT2D eigenvalue weighted by atomic mass is 10.2. The molecule has 0 bridgehead atoms. The van der Waals surface area contributed by atoms with Gasteiger partial charge in [0.1, 0.15) is 11.3 Å². The number of fused-ring (bicyclic) bond motifs is 1. The van der Waals surface area contributed by atoms with Gasteiger partial charge in [0.05, 0.1) is 6.20 Å². The molecule has 0 saturated heterocycles. The molecule has 88 valence electrons. The molecule has 1 aromatic carbocycles. The van der Waals surface area contributed by atoms with Gasteiger partial charge < -0.3 is 9.15 Å². The van der Waals surface area contributed by atoms with Gasteiger partial charge in [0, 0.05) is 11.6 Å². The zero-order valence-electron chi connectivity index (χ0n) is 9.37. The van der Waals surface area contributed by atoms with E-state index in [-0.39, 0.29) is 5.75 Å². The van der Waals surface area contributed by atoms with Gasteiger partial charge in [-0.3, -0.25) is 4.98 Å². The van der Waals surface area contributed by atoms with E-state index < -0.39 is 5.63 Å². The van der Waals surface area contributed by atoms with Crippen molar-refractivity contribution in [2.75, 3.05) is 0 Å². The Morgan fingerprint density at radius 3 is 2.83 bits per heavy atom. The zero-order valence-corrected chi connectivity index (χ0v) is 9.37. The smallest absolute Gasteiger partial charge is 0.379 e. The number of para-hydroxylation sites is 1. The van der Waals surface area contributed by atoms with E-state index in [1.54, 1.807) is 30.5 Å². The predicted molar refractivity (Wildman–Crippen MR) is 66.8 cm³/mol. The summed E-state index contributed by atoms with van der Waals surface area (Å²) in [6.07, 6.45) is 3.17. The summed E-state index contributed by atoms with van der Waals surface area (Å²) in [6, 6.07) is 12.4. The number of ether oxygens (including phenoxy) is 1. The molecule has 3 aromatic rings. The average molecular weight is 239 g/mol. The van der Waals surface area contributed by atoms with E-state index in [1.807, 2.05) is 18.2 Å². The minimum absolute atomic E-state index is 0.154. The van der Waals surface area contributed by atoms with Crippen LogP contribution >= 0.6 is 0 Å². The fourth-order valence-electron chi connectivity index (χ4n) is 1.65. The summed E-state index contributed by atoms with van der Waals surface area (Å²) in [5.74, 6) is 0.654. The number of hydrogen-bond acceptors (Lipinski definition) is 4. The molecule has 0 saturated carbocycles. The van der Waals surface area contributed by atoms with Crippen molar-refractivity contribution in [2.24, 2.45) is 0 Å². The fraction of sp³-hybridized carbons (Fsp3) is 0. The van der Waals surface area contributed by atoms with Crippen LogP contribution in [0.15, 0.2) is 64.1 Å². The number of aromatic nitrogens is 1. The zero-order chi connectivity index (χ0) is 12.4. The van der Waals surface area contributed by atoms with Gasteiger partial charge in [0.15, 0.2) is 0 Å². The highest BCUT2D eigenvalue weighted by atomic mass is 16.5. The van der Waals surface area contributed by atoms with Crippen LogP contribution < -0.4 is 10.4 Å². The molecule has 2 heterocycles. The van der Waals surface area contributed by atoms with Crippen LogP contribution in [-0.4, -0.2) is 4.98 Å². The number of hydrogen-bond donors (Lipinski definition) is 0. The van der Waals surface area contributed by atoms with Crippen molar-refractivity contribution in [3.8, 4) is 11.5 Å². The summed E-state index contributed by atoms with van der Waals surface area (Å²) in [6.45, 7) is 0. The van der Waals surface area contributed by atoms with E-state index in [4.69, 9.17) is 9.15 Å². The Hall–Kier alpha value is -2.62. The van der Waals surface area contributed by atoms with Crippen molar-refractivity contribution in [3.05, 3.63) is 65.3 Å². The van der Waals surface area contributed by atoms with Crippen LogP contribution in [-0.2, 0) is 0 Å². The van der Waals surface area contributed by atoms with Crippen LogP contribution in [0.3, 0.4) is 0 Å². The highest BCUT2D eigenvalue weighted by Gasteiger charge is 2.06. The van der Waals surface area contributed by atoms with Crippen LogP contribution in [0.4, 0.5) is 0 Å². The quantitative estimate of drug-likeness (QED) is 0.645. The third-order valence-electron chi connectivity index (χ3n) is 2.47. The first-order chi connectivity index (χ1) is 8.83. The lowest BCUT2D eigenvalue weighted by Gasteiger charge is -2.04. The molecule has 0 aliphatic heterocycles. The lowest BCUT2D eigenvalue weighted by Crippen LogP contribution is -2.02. The van der Waals surface area contributed by atoms with Crippen molar-refractivity contribution in [3.63, 3.8) is 0 Å². The molecule has 4 nitrogen and oxygen atoms in total. The molecular formula is C14H9NO3. The maximum Gasteiger partial charge on any atom is 0.379 e. The van der Waals surface area contributed by atoms with E-state index in [0.717, 1.165) is 5.39 Å². The highest BCUT2D eigenvalue weighted by molar-refractivity contribution is 5.77. The molecule has 0 unspecified atom stereocenters. The summed E-state index contributed by atoms with van der Waals surface area (Å²) in [7, 11) is 0. The third kappa shape index (κ3) is 1.96. The number of rotatable bonds is 2. The molecule has 0 spiro atoms. The number of pyridine rings is 1. The predicted octanol–water partition coefficient (Wildman–Crippen LogP) is 2.98. The van der Waals surface area contributed by atoms with Crippen LogP contribution in [0.5, 0.6) is 11.5 Å². The third-order valence-corrected chi connectivity index (χ3v) is 2.47. The summed E-state index contributed by atoms with van der Waals surface area (Å²) in [4.78, 5) is 15.6. The number of nitrogens with zero attached hydrogens (tertiary/aromatic N) is 1. The highest BCUT2D eigenvalue weighted by Crippen LogP contribution is 2.21. The van der Waals surface area contributed by atoms with E-state index in [9.17, 15) is 4.79 Å². The van der Waals surface area contributed by atoms with Crippen molar-refractivity contribution in [1.29, 1.82) is 0 Å². The Morgan fingerprint density at radius 2 is 2.00 bits per heavy atom. The molecule has 4 heteroatoms. The first-order valence-corrected chi connectivity index (χ1v) is 5.44. The summed E-state index contributed by atoms with van der Waals surface area (Å²) in [5.41, 5.74) is 0.0404. The Bertz CT molecular complexity index is 735. The Kier molecular flexibility index (Phi) is 2.53. The molecule has 0 aliphatic rings. The minimum Gasteiger partial charge on any atom is -0.448 e. The normalized spacial score (nSPS) is 10.4. The molecule has 0 N–H and O–H groups in total. The van der Waals surface area contributed by atoms with Crippen molar-refractivity contribution < 1.29 is 9.15 Å². The topological polar surface area (TPSA) is 52.3 Å². The second-order valence-electron chi connectivity index (χ2n) is 3.73. The van der Waals surface area contributed by atoms with E-state index in [2.05, 4.69) is 4.98 Å². The molecule has 18 heavy (non-hydrogen) atoms. The molecule has 0 radical (unpaired) electrons. The molecule has 0 aliphatic carbocycles. The summed E-state index contributed by atoms with van der Waals surface area (Å²) >= 11 is 0. The largest absolute Gasteiger partial charge is 0.448 e. The molecule has 2 aromatic heterocycles. The Labute approximate surface area is 102 Å². The van der Waals surface area contributed by atoms with Gasteiger partial charge in [-0.15, -0.1) is 0 Å². The van der Waals surface area contributed by atoms with E-state index >= 15 is 0 Å². The van der Waals surface area contributed by atoms with Gasteiger partial charge in [-0.05, 0) is 24.3 Å². The second-order valence-corrected chi connectivity index (χ2v) is 3.73. The maximum absolute atomic E-state index is 11.7. The van der Waals surface area contributed by atoms with Crippen LogP contribution in [0.1, 0.15) is 0 Å². The average Bonchev–Trinajstić information content (AvgIpc) is 2.41. The van der Waals surface area contributed by atoms with Crippen LogP contribution in [0.2, 0.25) is 0 Å². The molecule has 0 atom stereocenters. The number of benzene rings is 1. The van der Waals surface area contributed by atoms with Gasteiger partial charge in [-0.25, -0.2) is 4.79 Å². The molecular weight excluding hydrogens is 230 g/mol. The van der Waals surface area contributed by atoms with Crippen LogP contribution in [0, 0.1) is 0 Å². The van der Waals surface area contributed by atoms with E-state index in [1.165, 1.54) is 6.20 Å². The Morgan fingerprint density at radius 1 is 1.11 bits per heavy atom. The fourth-order valence-corrected chi connectivity index (χ4v) is 1.65. The van der Waals surface area contributed by atoms with Gasteiger partial charge in [0.2, 0.25) is 5.75 Å². The standard InChI is InChI=1S/C14H9NO3/c16-14-13(17-11-5-3-7-15-9-11)8-10-4-1-2-6-12(10)18-14/h1-9H. The monoisotopic (exact) mass is 239 g/mol. The molecule has 3 rings (SSSR count). The SMILES string of the molecule is O=c1oc2ccccc2cc1Oc1cccnc1. The minimum atomic E-state index is -0.502. The molecule has 0 fully saturated rings. The van der Waals surface area contributed by atoms with Gasteiger partial charge >= 0.3 is 5.63 Å². The summed E-state index contributed by atoms with van der Waals surface area (Å²) < 4.78 is 10.6. The second kappa shape index (κ2) is 4.33. The van der Waals surface area contributed by atoms with Crippen molar-refractivity contribution in [1.82, 2.24) is 4.98 Å². The van der Waals surface area contributed by atoms with Gasteiger partial charge in [-0.2, -0.15) is 0 Å². The van der Waals surface area contributed by atoms with Crippen LogP contribution in [0.25, 0.3) is 11.0 Å². The van der Waals surface area contributed by atoms with Crippen molar-refractivity contribution in [2.45, 2.75) is 0 Å². The molecule has 0 amide bonds. The van der Waals surface area contributed by atoms with Gasteiger partial charge in [0.25, 0.3) is 0 Å². The van der Waals surface area contributed by atoms with Gasteiger partial charge in [-0.1, -0.05) is 18.2 Å².